The average molecular weight is 629 g/mol. The number of benzene rings is 3. The van der Waals surface area contributed by atoms with E-state index in [0.29, 0.717) is 11.8 Å². The van der Waals surface area contributed by atoms with E-state index in [9.17, 15) is 0 Å². The van der Waals surface area contributed by atoms with Gasteiger partial charge in [-0.25, -0.2) is 0 Å². The maximum atomic E-state index is 6.49. The molecule has 46 heavy (non-hydrogen) atoms. The highest BCUT2D eigenvalue weighted by molar-refractivity contribution is 5.83. The molecule has 2 atom stereocenters. The quantitative estimate of drug-likeness (QED) is 0.0682. The van der Waals surface area contributed by atoms with Crippen molar-refractivity contribution in [3.05, 3.63) is 83.9 Å². The van der Waals surface area contributed by atoms with Crippen LogP contribution in [0.3, 0.4) is 0 Å². The summed E-state index contributed by atoms with van der Waals surface area (Å²) in [6.07, 6.45) is 6.07. The van der Waals surface area contributed by atoms with Gasteiger partial charge < -0.3 is 32.7 Å². The minimum Gasteiger partial charge on any atom is -0.327 e. The molecule has 2 unspecified atom stereocenters. The molecule has 3 aromatic carbocycles. The van der Waals surface area contributed by atoms with Gasteiger partial charge in [0.25, 0.3) is 0 Å². The van der Waals surface area contributed by atoms with Crippen molar-refractivity contribution in [3.8, 4) is 22.3 Å². The molecule has 6 heteroatoms. The molecule has 0 aliphatic heterocycles. The lowest BCUT2D eigenvalue weighted by Crippen LogP contribution is -2.30. The lowest BCUT2D eigenvalue weighted by Gasteiger charge is -2.15. The summed E-state index contributed by atoms with van der Waals surface area (Å²) < 4.78 is 0. The van der Waals surface area contributed by atoms with Gasteiger partial charge in [-0.2, -0.15) is 0 Å². The van der Waals surface area contributed by atoms with Crippen LogP contribution in [-0.4, -0.2) is 64.4 Å². The van der Waals surface area contributed by atoms with E-state index in [-0.39, 0.29) is 12.1 Å². The van der Waals surface area contributed by atoms with Gasteiger partial charge in [-0.15, -0.1) is 0 Å². The first-order chi connectivity index (χ1) is 22.3. The van der Waals surface area contributed by atoms with E-state index in [1.165, 1.54) is 33.4 Å². The maximum Gasteiger partial charge on any atom is 0.00914 e. The van der Waals surface area contributed by atoms with Crippen LogP contribution in [-0.2, 0) is 12.8 Å². The molecule has 0 saturated carbocycles. The Morgan fingerprint density at radius 2 is 0.848 bits per heavy atom. The van der Waals surface area contributed by atoms with Crippen molar-refractivity contribution in [2.24, 2.45) is 23.3 Å². The molecule has 0 aliphatic carbocycles. The van der Waals surface area contributed by atoms with Gasteiger partial charge in [0, 0.05) is 12.1 Å². The van der Waals surface area contributed by atoms with Gasteiger partial charge in [0.1, 0.15) is 0 Å². The van der Waals surface area contributed by atoms with Crippen LogP contribution in [0.5, 0.6) is 0 Å². The van der Waals surface area contributed by atoms with Crippen LogP contribution in [0.1, 0.15) is 64.5 Å². The highest BCUT2D eigenvalue weighted by Crippen LogP contribution is 2.32. The fourth-order valence-corrected chi connectivity index (χ4v) is 5.72. The van der Waals surface area contributed by atoms with Crippen LogP contribution in [0.4, 0.5) is 0 Å². The van der Waals surface area contributed by atoms with Crippen molar-refractivity contribution in [1.29, 1.82) is 0 Å². The molecular formula is C40H64N6. The Kier molecular flexibility index (Phi) is 18.2. The predicted octanol–water partition coefficient (Wildman–Crippen LogP) is 5.99. The summed E-state index contributed by atoms with van der Waals surface area (Å²) in [4.78, 5) is 0. The zero-order valence-corrected chi connectivity index (χ0v) is 29.3. The van der Waals surface area contributed by atoms with Crippen molar-refractivity contribution in [3.63, 3.8) is 0 Å². The normalized spacial score (nSPS) is 13.0. The van der Waals surface area contributed by atoms with Gasteiger partial charge in [0.15, 0.2) is 0 Å². The lowest BCUT2D eigenvalue weighted by molar-refractivity contribution is 0.516. The van der Waals surface area contributed by atoms with Gasteiger partial charge in [0.05, 0.1) is 0 Å². The maximum absolute atomic E-state index is 6.49. The smallest absolute Gasteiger partial charge is 0.00914 e. The number of nitrogens with one attached hydrogen (secondary N) is 4. The third-order valence-corrected chi connectivity index (χ3v) is 8.36. The summed E-state index contributed by atoms with van der Waals surface area (Å²) in [7, 11) is 0. The molecule has 8 N–H and O–H groups in total. The first-order valence-corrected chi connectivity index (χ1v) is 17.9. The van der Waals surface area contributed by atoms with Crippen molar-refractivity contribution in [2.45, 2.75) is 78.3 Å². The van der Waals surface area contributed by atoms with Gasteiger partial charge in [-0.1, -0.05) is 100 Å². The van der Waals surface area contributed by atoms with Crippen LogP contribution in [0.15, 0.2) is 72.8 Å². The van der Waals surface area contributed by atoms with E-state index < -0.39 is 0 Å². The predicted molar refractivity (Wildman–Crippen MR) is 200 cm³/mol. The van der Waals surface area contributed by atoms with Crippen LogP contribution in [0, 0.1) is 11.8 Å². The Morgan fingerprint density at radius 1 is 0.478 bits per heavy atom. The van der Waals surface area contributed by atoms with Crippen molar-refractivity contribution in [2.75, 3.05) is 52.4 Å². The number of rotatable bonds is 24. The third-order valence-electron chi connectivity index (χ3n) is 8.36. The topological polar surface area (TPSA) is 100 Å². The monoisotopic (exact) mass is 629 g/mol. The lowest BCUT2D eigenvalue weighted by atomic mass is 9.92. The summed E-state index contributed by atoms with van der Waals surface area (Å²) in [6.45, 7) is 17.3. The molecule has 0 amide bonds. The van der Waals surface area contributed by atoms with Crippen LogP contribution < -0.4 is 32.7 Å². The summed E-state index contributed by atoms with van der Waals surface area (Å²) in [5, 5.41) is 14.1. The van der Waals surface area contributed by atoms with Gasteiger partial charge in [-0.3, -0.25) is 0 Å². The zero-order valence-electron chi connectivity index (χ0n) is 29.3. The Labute approximate surface area is 280 Å². The number of hydrogen-bond donors (Lipinski definition) is 6. The van der Waals surface area contributed by atoms with E-state index in [1.54, 1.807) is 0 Å². The van der Waals surface area contributed by atoms with E-state index in [4.69, 9.17) is 11.5 Å². The molecule has 0 saturated heterocycles. The minimum atomic E-state index is 0.162. The fraction of sp³-hybridized carbons (Fsp3) is 0.550. The Morgan fingerprint density at radius 3 is 1.22 bits per heavy atom. The minimum absolute atomic E-state index is 0.162. The first kappa shape index (κ1) is 37.9. The largest absolute Gasteiger partial charge is 0.327 e. The third kappa shape index (κ3) is 15.3. The van der Waals surface area contributed by atoms with Crippen LogP contribution in [0.2, 0.25) is 0 Å². The van der Waals surface area contributed by atoms with Gasteiger partial charge >= 0.3 is 0 Å². The highest BCUT2D eigenvalue weighted by atomic mass is 14.9. The second kappa shape index (κ2) is 22.1. The fourth-order valence-electron chi connectivity index (χ4n) is 5.72. The SMILES string of the molecule is CC(C)CNCCCNCCC(N)Cc1ccc(-c2ccccc2-c2ccc(CC(N)CCNCCCNCC(C)C)cc2)cc1. The van der Waals surface area contributed by atoms with Crippen LogP contribution in [0.25, 0.3) is 22.3 Å². The molecule has 0 aromatic heterocycles. The molecule has 0 bridgehead atoms. The van der Waals surface area contributed by atoms with Gasteiger partial charge in [-0.05, 0) is 136 Å². The molecule has 0 radical (unpaired) electrons. The van der Waals surface area contributed by atoms with E-state index in [2.05, 4.69) is 122 Å². The second-order valence-corrected chi connectivity index (χ2v) is 13.8. The summed E-state index contributed by atoms with van der Waals surface area (Å²) >= 11 is 0. The van der Waals surface area contributed by atoms with E-state index >= 15 is 0 Å². The summed E-state index contributed by atoms with van der Waals surface area (Å²) in [6, 6.07) is 26.9. The Bertz CT molecular complexity index is 1100. The molecule has 0 aliphatic rings. The molecular weight excluding hydrogens is 564 g/mol. The second-order valence-electron chi connectivity index (χ2n) is 13.8. The van der Waals surface area contributed by atoms with Crippen LogP contribution >= 0.6 is 0 Å². The number of hydrogen-bond acceptors (Lipinski definition) is 6. The zero-order chi connectivity index (χ0) is 33.0. The average Bonchev–Trinajstić information content (AvgIpc) is 3.04. The molecule has 6 nitrogen and oxygen atoms in total. The van der Waals surface area contributed by atoms with E-state index in [1.807, 2.05) is 0 Å². The molecule has 0 fully saturated rings. The Balaban J connectivity index is 1.42. The van der Waals surface area contributed by atoms with Crippen molar-refractivity contribution >= 4 is 0 Å². The van der Waals surface area contributed by atoms with Gasteiger partial charge in [0.2, 0.25) is 0 Å². The Hall–Kier alpha value is -2.58. The van der Waals surface area contributed by atoms with Crippen molar-refractivity contribution in [1.82, 2.24) is 21.3 Å². The molecule has 0 spiro atoms. The molecule has 0 heterocycles. The summed E-state index contributed by atoms with van der Waals surface area (Å²) in [5.74, 6) is 1.41. The molecule has 254 valence electrons. The standard InChI is InChI=1S/C40H64N6/c1-31(2)29-45-23-7-21-43-25-19-37(41)27-33-11-15-35(16-12-33)39-9-5-6-10-40(39)36-17-13-34(14-18-36)28-38(42)20-26-44-22-8-24-46-30-32(3)4/h5-6,9-18,31-32,37-38,43-46H,7-8,19-30,41-42H2,1-4H3. The highest BCUT2D eigenvalue weighted by Gasteiger charge is 2.10. The van der Waals surface area contributed by atoms with Crippen molar-refractivity contribution < 1.29 is 0 Å². The molecule has 3 aromatic rings. The number of nitrogens with two attached hydrogens (primary N) is 2. The van der Waals surface area contributed by atoms with E-state index in [0.717, 1.165) is 90.9 Å². The molecule has 3 rings (SSSR count). The summed E-state index contributed by atoms with van der Waals surface area (Å²) in [5.41, 5.74) is 20.5. The first-order valence-electron chi connectivity index (χ1n) is 17.9.